The van der Waals surface area contributed by atoms with E-state index >= 15 is 0 Å². The topological polar surface area (TPSA) is 103 Å². The van der Waals surface area contributed by atoms with Gasteiger partial charge in [-0.2, -0.15) is 0 Å². The van der Waals surface area contributed by atoms with E-state index in [4.69, 9.17) is 56.9 Å². The van der Waals surface area contributed by atoms with E-state index in [-0.39, 0.29) is 10.7 Å². The summed E-state index contributed by atoms with van der Waals surface area (Å²) in [6, 6.07) is 5.48. The largest absolute Gasteiger partial charge is 0.478 e. The van der Waals surface area contributed by atoms with Gasteiger partial charge in [0.15, 0.2) is 11.3 Å². The number of carbonyl (C=O) groups is 2. The van der Waals surface area contributed by atoms with Crippen molar-refractivity contribution in [3.8, 4) is 0 Å². The molecule has 1 heterocycles. The molecule has 148 valence electrons. The van der Waals surface area contributed by atoms with Crippen molar-refractivity contribution in [2.45, 2.75) is 9.96 Å². The minimum absolute atomic E-state index is 0.0803. The minimum Gasteiger partial charge on any atom is -0.478 e. The van der Waals surface area contributed by atoms with Crippen LogP contribution < -0.4 is 16.0 Å². The van der Waals surface area contributed by atoms with Crippen molar-refractivity contribution in [2.24, 2.45) is 0 Å². The predicted molar refractivity (Wildman–Crippen MR) is 108 cm³/mol. The van der Waals surface area contributed by atoms with Crippen molar-refractivity contribution >= 4 is 69.8 Å². The molecular formula is C15H17Cl3N4O4S. The maximum absolute atomic E-state index is 12.3. The smallest absolute Gasteiger partial charge is 0.335 e. The fourth-order valence-corrected chi connectivity index (χ4v) is 2.74. The van der Waals surface area contributed by atoms with Crippen LogP contribution in [0, 0.1) is 0 Å². The van der Waals surface area contributed by atoms with E-state index < -0.39 is 22.0 Å². The van der Waals surface area contributed by atoms with Gasteiger partial charge in [-0.1, -0.05) is 34.8 Å². The number of thiocarbonyl (C=S) groups is 1. The highest BCUT2D eigenvalue weighted by Gasteiger charge is 2.35. The number of benzene rings is 1. The summed E-state index contributed by atoms with van der Waals surface area (Å²) >= 11 is 23.0. The third-order valence-corrected chi connectivity index (χ3v) is 4.43. The van der Waals surface area contributed by atoms with Gasteiger partial charge in [0, 0.05) is 18.8 Å². The molecule has 0 aromatic heterocycles. The Hall–Kier alpha value is -1.52. The summed E-state index contributed by atoms with van der Waals surface area (Å²) < 4.78 is 3.32. The third kappa shape index (κ3) is 6.86. The van der Waals surface area contributed by atoms with Crippen LogP contribution in [0.15, 0.2) is 24.3 Å². The number of amides is 2. The summed E-state index contributed by atoms with van der Waals surface area (Å²) in [6.45, 7) is 1.73. The molecule has 0 saturated carbocycles. The number of carboxylic acid groups (broad SMARTS) is 1. The van der Waals surface area contributed by atoms with E-state index in [0.29, 0.717) is 32.0 Å². The van der Waals surface area contributed by atoms with E-state index in [1.807, 2.05) is 0 Å². The number of aromatic carboxylic acids is 1. The van der Waals surface area contributed by atoms with Gasteiger partial charge in [-0.15, -0.1) is 0 Å². The molecule has 1 aliphatic rings. The monoisotopic (exact) mass is 454 g/mol. The molecule has 8 nitrogen and oxygen atoms in total. The van der Waals surface area contributed by atoms with Crippen LogP contribution >= 0.6 is 47.0 Å². The quantitative estimate of drug-likeness (QED) is 0.314. The summed E-state index contributed by atoms with van der Waals surface area (Å²) in [6.07, 6.45) is -1.10. The number of hydrogen-bond acceptors (Lipinski definition) is 4. The molecule has 1 aromatic rings. The Kier molecular flexibility index (Phi) is 7.75. The Bertz CT molecular complexity index is 693. The molecule has 2 rings (SSSR count). The normalized spacial score (nSPS) is 15.6. The van der Waals surface area contributed by atoms with Gasteiger partial charge in [0.1, 0.15) is 0 Å². The lowest BCUT2D eigenvalue weighted by molar-refractivity contribution is 0.0524. The first-order valence-corrected chi connectivity index (χ1v) is 9.32. The van der Waals surface area contributed by atoms with E-state index in [9.17, 15) is 9.59 Å². The van der Waals surface area contributed by atoms with Crippen LogP contribution in [0.4, 0.5) is 10.5 Å². The number of halogens is 3. The molecule has 4 N–H and O–H groups in total. The predicted octanol–water partition coefficient (Wildman–Crippen LogP) is 2.41. The van der Waals surface area contributed by atoms with Crippen LogP contribution in [-0.2, 0) is 4.74 Å². The molecule has 1 aliphatic heterocycles. The van der Waals surface area contributed by atoms with Gasteiger partial charge in [-0.25, -0.2) is 9.59 Å². The Balaban J connectivity index is 1.97. The minimum atomic E-state index is -1.87. The first kappa shape index (κ1) is 21.8. The highest BCUT2D eigenvalue weighted by molar-refractivity contribution is 7.80. The van der Waals surface area contributed by atoms with Crippen LogP contribution in [0.25, 0.3) is 0 Å². The highest BCUT2D eigenvalue weighted by atomic mass is 35.6. The molecule has 0 spiro atoms. The molecule has 1 fully saturated rings. The van der Waals surface area contributed by atoms with E-state index in [1.54, 1.807) is 0 Å². The summed E-state index contributed by atoms with van der Waals surface area (Å²) in [4.78, 5) is 24.7. The summed E-state index contributed by atoms with van der Waals surface area (Å²) in [5, 5.41) is 17.1. The Morgan fingerprint density at radius 1 is 1.15 bits per heavy atom. The molecule has 1 aromatic carbocycles. The molecule has 27 heavy (non-hydrogen) atoms. The van der Waals surface area contributed by atoms with Crippen molar-refractivity contribution in [3.05, 3.63) is 29.8 Å². The summed E-state index contributed by atoms with van der Waals surface area (Å²) in [5.74, 6) is -1.04. The van der Waals surface area contributed by atoms with E-state index in [0.717, 1.165) is 0 Å². The number of carbonyl (C=O) groups excluding carboxylic acids is 1. The standard InChI is InChI=1S/C15H17Cl3N4O4S/c16-15(17,18)12(21-14(25)22-5-7-26-8-6-22)20-13(27)19-10-3-1-9(2-4-10)11(23)24/h1-4,12H,5-8H2,(H,21,25)(H,23,24)(H2,19,20,27)/t12-/m1/s1. The number of ether oxygens (including phenoxy) is 1. The maximum Gasteiger partial charge on any atom is 0.335 e. The zero-order valence-electron chi connectivity index (χ0n) is 13.9. The number of alkyl halides is 3. The average molecular weight is 456 g/mol. The van der Waals surface area contributed by atoms with Gasteiger partial charge >= 0.3 is 12.0 Å². The lowest BCUT2D eigenvalue weighted by Gasteiger charge is -2.32. The summed E-state index contributed by atoms with van der Waals surface area (Å²) in [5.41, 5.74) is 0.663. The lowest BCUT2D eigenvalue weighted by atomic mass is 10.2. The van der Waals surface area contributed by atoms with Crippen molar-refractivity contribution < 1.29 is 19.4 Å². The third-order valence-electron chi connectivity index (χ3n) is 3.56. The van der Waals surface area contributed by atoms with Crippen LogP contribution in [0.5, 0.6) is 0 Å². The Morgan fingerprint density at radius 2 is 1.74 bits per heavy atom. The lowest BCUT2D eigenvalue weighted by Crippen LogP contribution is -2.59. The maximum atomic E-state index is 12.3. The van der Waals surface area contributed by atoms with Gasteiger partial charge in [-0.3, -0.25) is 0 Å². The zero-order chi connectivity index (χ0) is 20.0. The van der Waals surface area contributed by atoms with Gasteiger partial charge < -0.3 is 30.7 Å². The molecule has 0 aliphatic carbocycles. The Morgan fingerprint density at radius 3 is 2.26 bits per heavy atom. The number of carboxylic acids is 1. The van der Waals surface area contributed by atoms with Gasteiger partial charge in [0.25, 0.3) is 0 Å². The molecular weight excluding hydrogens is 439 g/mol. The Labute approximate surface area is 176 Å². The number of nitrogens with one attached hydrogen (secondary N) is 3. The van der Waals surface area contributed by atoms with Crippen LogP contribution in [0.3, 0.4) is 0 Å². The number of anilines is 1. The fourth-order valence-electron chi connectivity index (χ4n) is 2.18. The first-order valence-electron chi connectivity index (χ1n) is 7.77. The van der Waals surface area contributed by atoms with E-state index in [2.05, 4.69) is 16.0 Å². The average Bonchev–Trinajstić information content (AvgIpc) is 2.61. The highest BCUT2D eigenvalue weighted by Crippen LogP contribution is 2.29. The van der Waals surface area contributed by atoms with Crippen LogP contribution in [0.2, 0.25) is 0 Å². The van der Waals surface area contributed by atoms with Crippen molar-refractivity contribution in [3.63, 3.8) is 0 Å². The second kappa shape index (κ2) is 9.61. The molecule has 0 unspecified atom stereocenters. The fraction of sp³-hybridized carbons (Fsp3) is 0.400. The number of rotatable bonds is 4. The van der Waals surface area contributed by atoms with Crippen molar-refractivity contribution in [1.29, 1.82) is 0 Å². The first-order chi connectivity index (χ1) is 12.7. The second-order valence-corrected chi connectivity index (χ2v) is 8.28. The molecule has 1 saturated heterocycles. The number of morpholine rings is 1. The molecule has 0 radical (unpaired) electrons. The summed E-state index contributed by atoms with van der Waals surface area (Å²) in [7, 11) is 0. The molecule has 0 bridgehead atoms. The van der Waals surface area contributed by atoms with Gasteiger partial charge in [-0.05, 0) is 36.5 Å². The number of urea groups is 1. The van der Waals surface area contributed by atoms with Crippen LogP contribution in [0.1, 0.15) is 10.4 Å². The SMILES string of the molecule is O=C(O)c1ccc(NC(=S)N[C@H](NC(=O)N2CCOCC2)C(Cl)(Cl)Cl)cc1. The molecule has 1 atom stereocenters. The zero-order valence-corrected chi connectivity index (χ0v) is 17.0. The molecule has 12 heteroatoms. The number of hydrogen-bond donors (Lipinski definition) is 4. The number of nitrogens with zero attached hydrogens (tertiary/aromatic N) is 1. The van der Waals surface area contributed by atoms with Gasteiger partial charge in [0.2, 0.25) is 3.79 Å². The van der Waals surface area contributed by atoms with E-state index in [1.165, 1.54) is 29.2 Å². The van der Waals surface area contributed by atoms with Crippen LogP contribution in [-0.4, -0.2) is 63.4 Å². The van der Waals surface area contributed by atoms with Crippen molar-refractivity contribution in [2.75, 3.05) is 31.6 Å². The van der Waals surface area contributed by atoms with Gasteiger partial charge in [0.05, 0.1) is 18.8 Å². The molecule has 2 amide bonds. The second-order valence-electron chi connectivity index (χ2n) is 5.50. The van der Waals surface area contributed by atoms with Crippen molar-refractivity contribution in [1.82, 2.24) is 15.5 Å².